The fraction of sp³-hybridized carbons (Fsp3) is 0.571. The van der Waals surface area contributed by atoms with E-state index >= 15 is 0 Å². The van der Waals surface area contributed by atoms with E-state index in [0.717, 1.165) is 5.56 Å². The number of rotatable bonds is 10. The van der Waals surface area contributed by atoms with Crippen LogP contribution in [0.4, 0.5) is 0 Å². The van der Waals surface area contributed by atoms with Gasteiger partial charge in [0.15, 0.2) is 11.5 Å². The van der Waals surface area contributed by atoms with Crippen molar-refractivity contribution in [2.45, 2.75) is 13.5 Å². The molecule has 0 saturated carbocycles. The van der Waals surface area contributed by atoms with Gasteiger partial charge in [0.1, 0.15) is 0 Å². The van der Waals surface area contributed by atoms with Crippen LogP contribution >= 0.6 is 11.6 Å². The molecule has 0 aliphatic carbocycles. The smallest absolute Gasteiger partial charge is 0.165 e. The van der Waals surface area contributed by atoms with Gasteiger partial charge in [-0.05, 0) is 13.0 Å². The van der Waals surface area contributed by atoms with Crippen LogP contribution in [-0.4, -0.2) is 45.2 Å². The average molecular weight is 304 g/mol. The first kappa shape index (κ1) is 17.0. The predicted octanol–water partition coefficient (Wildman–Crippen LogP) is 1.85. The Hall–Kier alpha value is -1.01. The molecule has 0 atom stereocenters. The lowest BCUT2D eigenvalue weighted by Crippen LogP contribution is -2.20. The van der Waals surface area contributed by atoms with Gasteiger partial charge in [-0.1, -0.05) is 11.6 Å². The van der Waals surface area contributed by atoms with Gasteiger partial charge in [0.25, 0.3) is 0 Å². The quantitative estimate of drug-likeness (QED) is 0.646. The molecule has 0 amide bonds. The standard InChI is InChI=1S/C14H22ClNO4/c1-3-20-14-11(8-12(15)9-13(14)18-2)10-16-4-6-19-7-5-17/h8-9,16-17H,3-7,10H2,1-2H3. The molecule has 0 fully saturated rings. The molecule has 0 aliphatic heterocycles. The zero-order valence-electron chi connectivity index (χ0n) is 11.9. The Kier molecular flexibility index (Phi) is 8.37. The molecule has 2 N–H and O–H groups in total. The summed E-state index contributed by atoms with van der Waals surface area (Å²) in [7, 11) is 1.59. The molecule has 6 heteroatoms. The number of hydrogen-bond donors (Lipinski definition) is 2. The van der Waals surface area contributed by atoms with Gasteiger partial charge in [-0.2, -0.15) is 0 Å². The SMILES string of the molecule is CCOc1c(CNCCOCCO)cc(Cl)cc1OC. The number of benzene rings is 1. The maximum Gasteiger partial charge on any atom is 0.165 e. The van der Waals surface area contributed by atoms with Gasteiger partial charge in [-0.3, -0.25) is 0 Å². The highest BCUT2D eigenvalue weighted by Gasteiger charge is 2.12. The van der Waals surface area contributed by atoms with E-state index in [4.69, 9.17) is 30.9 Å². The topological polar surface area (TPSA) is 60.0 Å². The molecule has 114 valence electrons. The number of methoxy groups -OCH3 is 1. The summed E-state index contributed by atoms with van der Waals surface area (Å²) in [5, 5.41) is 12.4. The molecule has 0 aliphatic rings. The van der Waals surface area contributed by atoms with Crippen LogP contribution in [0.1, 0.15) is 12.5 Å². The maximum absolute atomic E-state index is 8.59. The van der Waals surface area contributed by atoms with Crippen molar-refractivity contribution < 1.29 is 19.3 Å². The normalized spacial score (nSPS) is 10.6. The lowest BCUT2D eigenvalue weighted by Gasteiger charge is -2.15. The molecule has 0 spiro atoms. The monoisotopic (exact) mass is 303 g/mol. The third-order valence-electron chi connectivity index (χ3n) is 2.58. The van der Waals surface area contributed by atoms with Crippen molar-refractivity contribution in [3.8, 4) is 11.5 Å². The zero-order valence-corrected chi connectivity index (χ0v) is 12.7. The summed E-state index contributed by atoms with van der Waals surface area (Å²) in [6, 6.07) is 3.59. The van der Waals surface area contributed by atoms with Crippen LogP contribution in [0.15, 0.2) is 12.1 Å². The first-order chi connectivity index (χ1) is 9.72. The van der Waals surface area contributed by atoms with Crippen molar-refractivity contribution in [3.63, 3.8) is 0 Å². The van der Waals surface area contributed by atoms with E-state index in [1.165, 1.54) is 0 Å². The number of aliphatic hydroxyl groups excluding tert-OH is 1. The van der Waals surface area contributed by atoms with Gasteiger partial charge in [0.05, 0.1) is 33.5 Å². The highest BCUT2D eigenvalue weighted by atomic mass is 35.5. The Morgan fingerprint density at radius 3 is 2.75 bits per heavy atom. The second kappa shape index (κ2) is 9.83. The summed E-state index contributed by atoms with van der Waals surface area (Å²) < 4.78 is 16.1. The molecular weight excluding hydrogens is 282 g/mol. The molecule has 0 unspecified atom stereocenters. The molecule has 20 heavy (non-hydrogen) atoms. The van der Waals surface area contributed by atoms with Crippen LogP contribution < -0.4 is 14.8 Å². The minimum atomic E-state index is 0.0416. The van der Waals surface area contributed by atoms with Gasteiger partial charge in [-0.25, -0.2) is 0 Å². The summed E-state index contributed by atoms with van der Waals surface area (Å²) in [5.41, 5.74) is 0.943. The summed E-state index contributed by atoms with van der Waals surface area (Å²) in [6.07, 6.45) is 0. The number of aliphatic hydroxyl groups is 1. The largest absolute Gasteiger partial charge is 0.493 e. The molecule has 1 aromatic rings. The van der Waals surface area contributed by atoms with Gasteiger partial charge >= 0.3 is 0 Å². The van der Waals surface area contributed by atoms with Gasteiger partial charge < -0.3 is 24.6 Å². The van der Waals surface area contributed by atoms with Crippen LogP contribution in [0.3, 0.4) is 0 Å². The highest BCUT2D eigenvalue weighted by molar-refractivity contribution is 6.30. The van der Waals surface area contributed by atoms with Crippen molar-refractivity contribution >= 4 is 11.6 Å². The van der Waals surface area contributed by atoms with Crippen LogP contribution in [0, 0.1) is 0 Å². The highest BCUT2D eigenvalue weighted by Crippen LogP contribution is 2.34. The van der Waals surface area contributed by atoms with E-state index in [0.29, 0.717) is 49.4 Å². The van der Waals surface area contributed by atoms with Gasteiger partial charge in [0.2, 0.25) is 0 Å². The first-order valence-corrected chi connectivity index (χ1v) is 6.99. The molecular formula is C14H22ClNO4. The Bertz CT molecular complexity index is 401. The fourth-order valence-electron chi connectivity index (χ4n) is 1.75. The molecule has 0 aromatic heterocycles. The zero-order chi connectivity index (χ0) is 14.8. The van der Waals surface area contributed by atoms with Crippen molar-refractivity contribution in [1.82, 2.24) is 5.32 Å². The Labute approximate surface area is 124 Å². The summed E-state index contributed by atoms with van der Waals surface area (Å²) in [6.45, 7) is 4.72. The molecule has 5 nitrogen and oxygen atoms in total. The Morgan fingerprint density at radius 2 is 2.10 bits per heavy atom. The van der Waals surface area contributed by atoms with E-state index in [-0.39, 0.29) is 6.61 Å². The van der Waals surface area contributed by atoms with E-state index in [9.17, 15) is 0 Å². The van der Waals surface area contributed by atoms with Crippen LogP contribution in [0.5, 0.6) is 11.5 Å². The fourth-order valence-corrected chi connectivity index (χ4v) is 1.98. The van der Waals surface area contributed by atoms with Crippen LogP contribution in [0.25, 0.3) is 0 Å². The maximum atomic E-state index is 8.59. The lowest BCUT2D eigenvalue weighted by atomic mass is 10.2. The van der Waals surface area contributed by atoms with E-state index in [1.807, 2.05) is 13.0 Å². The summed E-state index contributed by atoms with van der Waals surface area (Å²) >= 11 is 6.07. The van der Waals surface area contributed by atoms with E-state index in [2.05, 4.69) is 5.32 Å². The second-order valence-electron chi connectivity index (χ2n) is 4.04. The Balaban J connectivity index is 2.60. The number of ether oxygens (including phenoxy) is 3. The van der Waals surface area contributed by atoms with Crippen LogP contribution in [-0.2, 0) is 11.3 Å². The van der Waals surface area contributed by atoms with E-state index < -0.39 is 0 Å². The average Bonchev–Trinajstić information content (AvgIpc) is 2.45. The number of halogens is 1. The number of nitrogens with one attached hydrogen (secondary N) is 1. The van der Waals surface area contributed by atoms with Crippen molar-refractivity contribution in [3.05, 3.63) is 22.7 Å². The van der Waals surface area contributed by atoms with Gasteiger partial charge in [0, 0.05) is 29.7 Å². The van der Waals surface area contributed by atoms with Crippen molar-refractivity contribution in [2.24, 2.45) is 0 Å². The second-order valence-corrected chi connectivity index (χ2v) is 4.48. The molecule has 0 saturated heterocycles. The third-order valence-corrected chi connectivity index (χ3v) is 2.80. The third kappa shape index (κ3) is 5.54. The predicted molar refractivity (Wildman–Crippen MR) is 78.8 cm³/mol. The van der Waals surface area contributed by atoms with Crippen molar-refractivity contribution in [2.75, 3.05) is 40.1 Å². The summed E-state index contributed by atoms with van der Waals surface area (Å²) in [4.78, 5) is 0. The summed E-state index contributed by atoms with van der Waals surface area (Å²) in [5.74, 6) is 1.34. The number of hydrogen-bond acceptors (Lipinski definition) is 5. The van der Waals surface area contributed by atoms with E-state index in [1.54, 1.807) is 13.2 Å². The Morgan fingerprint density at radius 1 is 1.30 bits per heavy atom. The molecule has 1 rings (SSSR count). The first-order valence-electron chi connectivity index (χ1n) is 6.61. The van der Waals surface area contributed by atoms with Crippen LogP contribution in [0.2, 0.25) is 5.02 Å². The minimum Gasteiger partial charge on any atom is -0.493 e. The lowest BCUT2D eigenvalue weighted by molar-refractivity contribution is 0.0937. The minimum absolute atomic E-state index is 0.0416. The molecule has 0 radical (unpaired) electrons. The molecule has 0 bridgehead atoms. The van der Waals surface area contributed by atoms with Crippen molar-refractivity contribution in [1.29, 1.82) is 0 Å². The molecule has 1 aromatic carbocycles. The molecule has 0 heterocycles. The van der Waals surface area contributed by atoms with Gasteiger partial charge in [-0.15, -0.1) is 0 Å².